The van der Waals surface area contributed by atoms with Crippen LogP contribution in [0.15, 0.2) is 30.5 Å². The van der Waals surface area contributed by atoms with E-state index in [1.807, 2.05) is 29.2 Å². The molecule has 104 valence electrons. The standard InChI is InChI=1S/C14H17N5O/c1-15-13(20)12-9-16-6-7-19(12)14-17-8-10-4-2-3-5-11(10)18-14/h2-5,8,12,16H,6-7,9H2,1H3,(H,15,20). The summed E-state index contributed by atoms with van der Waals surface area (Å²) in [4.78, 5) is 22.9. The van der Waals surface area contributed by atoms with Crippen molar-refractivity contribution < 1.29 is 4.79 Å². The van der Waals surface area contributed by atoms with Crippen LogP contribution >= 0.6 is 0 Å². The number of fused-ring (bicyclic) bond motifs is 1. The lowest BCUT2D eigenvalue weighted by atomic mass is 10.2. The summed E-state index contributed by atoms with van der Waals surface area (Å²) < 4.78 is 0. The van der Waals surface area contributed by atoms with Gasteiger partial charge in [-0.25, -0.2) is 9.97 Å². The fourth-order valence-corrected chi connectivity index (χ4v) is 2.45. The summed E-state index contributed by atoms with van der Waals surface area (Å²) in [5, 5.41) is 6.93. The Hall–Kier alpha value is -2.21. The van der Waals surface area contributed by atoms with E-state index >= 15 is 0 Å². The molecule has 1 saturated heterocycles. The molecule has 3 rings (SSSR count). The van der Waals surface area contributed by atoms with Gasteiger partial charge in [0, 0.05) is 38.3 Å². The lowest BCUT2D eigenvalue weighted by Gasteiger charge is -2.34. The van der Waals surface area contributed by atoms with Crippen molar-refractivity contribution in [2.24, 2.45) is 0 Å². The Morgan fingerprint density at radius 2 is 2.30 bits per heavy atom. The Kier molecular flexibility index (Phi) is 3.47. The van der Waals surface area contributed by atoms with Crippen LogP contribution in [0.1, 0.15) is 0 Å². The van der Waals surface area contributed by atoms with Crippen molar-refractivity contribution in [3.05, 3.63) is 30.5 Å². The number of likely N-dealkylation sites (N-methyl/N-ethyl adjacent to an activating group) is 1. The molecular weight excluding hydrogens is 254 g/mol. The molecule has 0 aliphatic carbocycles. The number of nitrogens with zero attached hydrogens (tertiary/aromatic N) is 3. The highest BCUT2D eigenvalue weighted by molar-refractivity contribution is 5.85. The van der Waals surface area contributed by atoms with E-state index in [0.29, 0.717) is 12.5 Å². The zero-order chi connectivity index (χ0) is 13.9. The van der Waals surface area contributed by atoms with Crippen molar-refractivity contribution >= 4 is 22.8 Å². The molecule has 1 aliphatic heterocycles. The molecule has 1 aliphatic rings. The summed E-state index contributed by atoms with van der Waals surface area (Å²) in [6.45, 7) is 2.15. The van der Waals surface area contributed by atoms with Gasteiger partial charge in [-0.3, -0.25) is 4.79 Å². The van der Waals surface area contributed by atoms with Gasteiger partial charge in [-0.05, 0) is 6.07 Å². The lowest BCUT2D eigenvalue weighted by Crippen LogP contribution is -2.58. The topological polar surface area (TPSA) is 70.2 Å². The summed E-state index contributed by atoms with van der Waals surface area (Å²) in [7, 11) is 1.65. The van der Waals surface area contributed by atoms with Crippen molar-refractivity contribution in [3.8, 4) is 0 Å². The first-order valence-electron chi connectivity index (χ1n) is 6.70. The summed E-state index contributed by atoms with van der Waals surface area (Å²) in [6, 6.07) is 7.58. The smallest absolute Gasteiger partial charge is 0.243 e. The van der Waals surface area contributed by atoms with Gasteiger partial charge in [-0.1, -0.05) is 18.2 Å². The number of hydrogen-bond donors (Lipinski definition) is 2. The first-order valence-corrected chi connectivity index (χ1v) is 6.70. The number of amides is 1. The Labute approximate surface area is 117 Å². The maximum Gasteiger partial charge on any atom is 0.243 e. The summed E-state index contributed by atoms with van der Waals surface area (Å²) in [5.41, 5.74) is 0.895. The maximum atomic E-state index is 12.0. The predicted molar refractivity (Wildman–Crippen MR) is 77.6 cm³/mol. The Morgan fingerprint density at radius 3 is 3.15 bits per heavy atom. The van der Waals surface area contributed by atoms with Gasteiger partial charge in [0.15, 0.2) is 0 Å². The average Bonchev–Trinajstić information content (AvgIpc) is 2.53. The van der Waals surface area contributed by atoms with Gasteiger partial charge in [0.25, 0.3) is 0 Å². The molecule has 2 N–H and O–H groups in total. The number of nitrogens with one attached hydrogen (secondary N) is 2. The third kappa shape index (κ3) is 2.30. The molecule has 2 aromatic rings. The largest absolute Gasteiger partial charge is 0.357 e. The molecule has 0 bridgehead atoms. The van der Waals surface area contributed by atoms with E-state index in [0.717, 1.165) is 24.0 Å². The molecule has 2 heterocycles. The van der Waals surface area contributed by atoms with Gasteiger partial charge in [0.05, 0.1) is 5.52 Å². The van der Waals surface area contributed by atoms with Gasteiger partial charge in [0.2, 0.25) is 11.9 Å². The SMILES string of the molecule is CNC(=O)C1CNCCN1c1ncc2ccccc2n1. The number of piperazine rings is 1. The Bertz CT molecular complexity index is 630. The Balaban J connectivity index is 1.96. The molecule has 0 spiro atoms. The van der Waals surface area contributed by atoms with Crippen LogP contribution in [0.2, 0.25) is 0 Å². The van der Waals surface area contributed by atoms with Crippen LogP contribution in [-0.2, 0) is 4.79 Å². The summed E-state index contributed by atoms with van der Waals surface area (Å²) in [5.74, 6) is 0.591. The first-order chi connectivity index (χ1) is 9.79. The molecule has 1 amide bonds. The quantitative estimate of drug-likeness (QED) is 0.814. The summed E-state index contributed by atoms with van der Waals surface area (Å²) in [6.07, 6.45) is 1.81. The van der Waals surface area contributed by atoms with Crippen molar-refractivity contribution in [2.75, 3.05) is 31.6 Å². The van der Waals surface area contributed by atoms with E-state index in [4.69, 9.17) is 0 Å². The zero-order valence-corrected chi connectivity index (χ0v) is 11.3. The van der Waals surface area contributed by atoms with Crippen LogP contribution in [0, 0.1) is 0 Å². The van der Waals surface area contributed by atoms with Crippen LogP contribution in [0.4, 0.5) is 5.95 Å². The molecular formula is C14H17N5O. The van der Waals surface area contributed by atoms with E-state index in [1.165, 1.54) is 0 Å². The number of aromatic nitrogens is 2. The van der Waals surface area contributed by atoms with Gasteiger partial charge < -0.3 is 15.5 Å². The maximum absolute atomic E-state index is 12.0. The molecule has 20 heavy (non-hydrogen) atoms. The monoisotopic (exact) mass is 271 g/mol. The predicted octanol–water partition coefficient (Wildman–Crippen LogP) is 0.154. The molecule has 0 radical (unpaired) electrons. The minimum atomic E-state index is -0.269. The second kappa shape index (κ2) is 5.42. The van der Waals surface area contributed by atoms with Crippen LogP contribution in [0.25, 0.3) is 10.9 Å². The van der Waals surface area contributed by atoms with E-state index in [-0.39, 0.29) is 11.9 Å². The number of anilines is 1. The minimum Gasteiger partial charge on any atom is -0.357 e. The number of carbonyl (C=O) groups excluding carboxylic acids is 1. The molecule has 0 saturated carbocycles. The number of rotatable bonds is 2. The normalized spacial score (nSPS) is 19.1. The Morgan fingerprint density at radius 1 is 1.45 bits per heavy atom. The number of para-hydroxylation sites is 1. The van der Waals surface area contributed by atoms with Crippen molar-refractivity contribution in [1.82, 2.24) is 20.6 Å². The highest BCUT2D eigenvalue weighted by Gasteiger charge is 2.29. The van der Waals surface area contributed by atoms with Crippen LogP contribution in [0.3, 0.4) is 0 Å². The molecule has 1 aromatic carbocycles. The van der Waals surface area contributed by atoms with Crippen molar-refractivity contribution in [3.63, 3.8) is 0 Å². The lowest BCUT2D eigenvalue weighted by molar-refractivity contribution is -0.122. The van der Waals surface area contributed by atoms with Crippen molar-refractivity contribution in [2.45, 2.75) is 6.04 Å². The van der Waals surface area contributed by atoms with Gasteiger partial charge in [-0.2, -0.15) is 0 Å². The fourth-order valence-electron chi connectivity index (χ4n) is 2.45. The first kappa shape index (κ1) is 12.8. The highest BCUT2D eigenvalue weighted by Crippen LogP contribution is 2.17. The number of carbonyl (C=O) groups is 1. The van der Waals surface area contributed by atoms with Crippen LogP contribution < -0.4 is 15.5 Å². The second-order valence-corrected chi connectivity index (χ2v) is 4.76. The molecule has 1 fully saturated rings. The van der Waals surface area contributed by atoms with Gasteiger partial charge in [0.1, 0.15) is 6.04 Å². The molecule has 1 atom stereocenters. The molecule has 6 heteroatoms. The van der Waals surface area contributed by atoms with Gasteiger partial charge >= 0.3 is 0 Å². The molecule has 1 aromatic heterocycles. The van der Waals surface area contributed by atoms with E-state index < -0.39 is 0 Å². The zero-order valence-electron chi connectivity index (χ0n) is 11.3. The van der Waals surface area contributed by atoms with E-state index in [9.17, 15) is 4.79 Å². The number of benzene rings is 1. The van der Waals surface area contributed by atoms with E-state index in [1.54, 1.807) is 13.2 Å². The van der Waals surface area contributed by atoms with Crippen LogP contribution in [-0.4, -0.2) is 48.6 Å². The van der Waals surface area contributed by atoms with E-state index in [2.05, 4.69) is 20.6 Å². The fraction of sp³-hybridized carbons (Fsp3) is 0.357. The molecule has 6 nitrogen and oxygen atoms in total. The second-order valence-electron chi connectivity index (χ2n) is 4.76. The third-order valence-electron chi connectivity index (χ3n) is 3.53. The number of hydrogen-bond acceptors (Lipinski definition) is 5. The van der Waals surface area contributed by atoms with Gasteiger partial charge in [-0.15, -0.1) is 0 Å². The highest BCUT2D eigenvalue weighted by atomic mass is 16.2. The summed E-state index contributed by atoms with van der Waals surface area (Å²) >= 11 is 0. The van der Waals surface area contributed by atoms with Crippen LogP contribution in [0.5, 0.6) is 0 Å². The van der Waals surface area contributed by atoms with Crippen molar-refractivity contribution in [1.29, 1.82) is 0 Å². The average molecular weight is 271 g/mol. The molecule has 1 unspecified atom stereocenters. The third-order valence-corrected chi connectivity index (χ3v) is 3.53. The minimum absolute atomic E-state index is 0.0195.